The van der Waals surface area contributed by atoms with Crippen molar-refractivity contribution >= 4 is 27.7 Å². The largest absolute Gasteiger partial charge is 0.346 e. The number of rotatable bonds is 8. The number of carbonyl (C=O) groups excluding carboxylic acids is 1. The van der Waals surface area contributed by atoms with E-state index in [0.717, 1.165) is 28.8 Å². The Balaban J connectivity index is 1.71. The fourth-order valence-electron chi connectivity index (χ4n) is 3.64. The Morgan fingerprint density at radius 3 is 2.42 bits per heavy atom. The molecule has 1 aromatic heterocycles. The predicted octanol–water partition coefficient (Wildman–Crippen LogP) is 4.12. The van der Waals surface area contributed by atoms with Crippen LogP contribution in [0.2, 0.25) is 0 Å². The van der Waals surface area contributed by atoms with Gasteiger partial charge in [0, 0.05) is 17.3 Å². The Labute approximate surface area is 195 Å². The average Bonchev–Trinajstić information content (AvgIpc) is 3.00. The van der Waals surface area contributed by atoms with Gasteiger partial charge in [-0.2, -0.15) is 5.10 Å². The molecule has 0 radical (unpaired) electrons. The number of anilines is 1. The Morgan fingerprint density at radius 1 is 1.09 bits per heavy atom. The van der Waals surface area contributed by atoms with Gasteiger partial charge in [0.15, 0.2) is 0 Å². The first-order valence-electron chi connectivity index (χ1n) is 10.7. The van der Waals surface area contributed by atoms with E-state index in [-0.39, 0.29) is 11.9 Å². The Kier molecular flexibility index (Phi) is 7.38. The summed E-state index contributed by atoms with van der Waals surface area (Å²) in [5, 5.41) is 7.52. The van der Waals surface area contributed by atoms with Gasteiger partial charge in [0.05, 0.1) is 30.2 Å². The molecule has 0 spiro atoms. The maximum atomic E-state index is 12.6. The van der Waals surface area contributed by atoms with Crippen LogP contribution in [0.25, 0.3) is 6.08 Å². The molecule has 33 heavy (non-hydrogen) atoms. The molecule has 0 saturated carbocycles. The van der Waals surface area contributed by atoms with Gasteiger partial charge in [0.2, 0.25) is 15.9 Å². The van der Waals surface area contributed by atoms with E-state index in [4.69, 9.17) is 0 Å². The second-order valence-corrected chi connectivity index (χ2v) is 10.0. The molecule has 0 aliphatic heterocycles. The maximum absolute atomic E-state index is 12.6. The summed E-state index contributed by atoms with van der Waals surface area (Å²) >= 11 is 0. The third-order valence-electron chi connectivity index (χ3n) is 5.37. The van der Waals surface area contributed by atoms with Crippen molar-refractivity contribution in [1.29, 1.82) is 0 Å². The zero-order valence-corrected chi connectivity index (χ0v) is 20.4. The minimum absolute atomic E-state index is 0.276. The number of amides is 1. The summed E-state index contributed by atoms with van der Waals surface area (Å²) in [5.74, 6) is -0.276. The molecule has 2 N–H and O–H groups in total. The summed E-state index contributed by atoms with van der Waals surface area (Å²) in [4.78, 5) is 12.6. The van der Waals surface area contributed by atoms with E-state index in [2.05, 4.69) is 46.3 Å². The number of aryl methyl sites for hydroxylation is 2. The third kappa shape index (κ3) is 6.55. The lowest BCUT2D eigenvalue weighted by Crippen LogP contribution is -2.25. The fraction of sp³-hybridized carbons (Fsp3) is 0.280. The van der Waals surface area contributed by atoms with Crippen LogP contribution in [0, 0.1) is 20.8 Å². The van der Waals surface area contributed by atoms with Gasteiger partial charge in [-0.1, -0.05) is 48.0 Å². The number of benzene rings is 2. The van der Waals surface area contributed by atoms with Crippen LogP contribution in [0.5, 0.6) is 0 Å². The highest BCUT2D eigenvalue weighted by molar-refractivity contribution is 7.92. The van der Waals surface area contributed by atoms with Crippen LogP contribution in [-0.4, -0.2) is 30.4 Å². The fourth-order valence-corrected chi connectivity index (χ4v) is 4.22. The van der Waals surface area contributed by atoms with Gasteiger partial charge in [-0.15, -0.1) is 0 Å². The Bertz CT molecular complexity index is 1280. The number of para-hydroxylation sites is 1. The van der Waals surface area contributed by atoms with E-state index in [0.29, 0.717) is 17.8 Å². The summed E-state index contributed by atoms with van der Waals surface area (Å²) in [7, 11) is -3.43. The minimum atomic E-state index is -3.43. The van der Waals surface area contributed by atoms with Crippen molar-refractivity contribution in [3.63, 3.8) is 0 Å². The van der Waals surface area contributed by atoms with Gasteiger partial charge in [0.25, 0.3) is 0 Å². The topological polar surface area (TPSA) is 93.1 Å². The maximum Gasteiger partial charge on any atom is 0.244 e. The monoisotopic (exact) mass is 466 g/mol. The predicted molar refractivity (Wildman–Crippen MR) is 132 cm³/mol. The first-order valence-corrected chi connectivity index (χ1v) is 12.6. The summed E-state index contributed by atoms with van der Waals surface area (Å²) in [6.07, 6.45) is 4.35. The highest BCUT2D eigenvalue weighted by Gasteiger charge is 2.15. The summed E-state index contributed by atoms with van der Waals surface area (Å²) in [5.41, 5.74) is 6.24. The van der Waals surface area contributed by atoms with Gasteiger partial charge in [-0.25, -0.2) is 8.42 Å². The second kappa shape index (κ2) is 10.0. The normalized spacial score (nSPS) is 12.6. The van der Waals surface area contributed by atoms with Crippen molar-refractivity contribution in [3.05, 3.63) is 88.2 Å². The van der Waals surface area contributed by atoms with Crippen LogP contribution in [0.3, 0.4) is 0 Å². The smallest absolute Gasteiger partial charge is 0.244 e. The molecule has 0 aliphatic carbocycles. The first kappa shape index (κ1) is 24.3. The third-order valence-corrected chi connectivity index (χ3v) is 5.96. The van der Waals surface area contributed by atoms with Crippen molar-refractivity contribution < 1.29 is 13.2 Å². The zero-order chi connectivity index (χ0) is 24.2. The molecular formula is C25H30N4O3S. The SMILES string of the molecule is Cc1ccc(Cn2nc(C)c(C=CC(=O)NC(C)c3ccccc3NS(C)(=O)=O)c2C)cc1. The molecule has 1 atom stereocenters. The van der Waals surface area contributed by atoms with E-state index in [1.54, 1.807) is 30.3 Å². The van der Waals surface area contributed by atoms with E-state index < -0.39 is 10.0 Å². The van der Waals surface area contributed by atoms with Gasteiger partial charge >= 0.3 is 0 Å². The molecule has 8 heteroatoms. The van der Waals surface area contributed by atoms with Gasteiger partial charge < -0.3 is 5.32 Å². The van der Waals surface area contributed by atoms with Crippen LogP contribution < -0.4 is 10.0 Å². The molecule has 2 aromatic carbocycles. The lowest BCUT2D eigenvalue weighted by molar-refractivity contribution is -0.117. The van der Waals surface area contributed by atoms with Crippen molar-refractivity contribution in [2.24, 2.45) is 0 Å². The molecule has 1 heterocycles. The van der Waals surface area contributed by atoms with Crippen molar-refractivity contribution in [2.45, 2.75) is 40.3 Å². The van der Waals surface area contributed by atoms with Crippen LogP contribution in [0.1, 0.15) is 46.6 Å². The van der Waals surface area contributed by atoms with E-state index in [9.17, 15) is 13.2 Å². The average molecular weight is 467 g/mol. The van der Waals surface area contributed by atoms with E-state index >= 15 is 0 Å². The molecule has 0 aliphatic rings. The molecule has 1 unspecified atom stereocenters. The number of nitrogens with zero attached hydrogens (tertiary/aromatic N) is 2. The number of hydrogen-bond donors (Lipinski definition) is 2. The number of hydrogen-bond acceptors (Lipinski definition) is 4. The zero-order valence-electron chi connectivity index (χ0n) is 19.6. The van der Waals surface area contributed by atoms with E-state index in [1.807, 2.05) is 25.5 Å². The number of sulfonamides is 1. The van der Waals surface area contributed by atoms with Crippen LogP contribution in [0.15, 0.2) is 54.6 Å². The van der Waals surface area contributed by atoms with Crippen molar-refractivity contribution in [1.82, 2.24) is 15.1 Å². The van der Waals surface area contributed by atoms with Gasteiger partial charge in [-0.3, -0.25) is 14.2 Å². The summed E-state index contributed by atoms with van der Waals surface area (Å²) in [6, 6.07) is 14.9. The van der Waals surface area contributed by atoms with Crippen LogP contribution in [-0.2, 0) is 21.4 Å². The molecule has 0 fully saturated rings. The first-order chi connectivity index (χ1) is 15.5. The van der Waals surface area contributed by atoms with Crippen molar-refractivity contribution in [3.8, 4) is 0 Å². The van der Waals surface area contributed by atoms with Gasteiger partial charge in [-0.05, 0) is 51.0 Å². The molecule has 3 aromatic rings. The molecule has 3 rings (SSSR count). The molecule has 0 saturated heterocycles. The van der Waals surface area contributed by atoms with Crippen molar-refractivity contribution in [2.75, 3.05) is 11.0 Å². The molecule has 1 amide bonds. The molecule has 0 bridgehead atoms. The molecule has 7 nitrogen and oxygen atoms in total. The number of nitrogens with one attached hydrogen (secondary N) is 2. The molecule has 174 valence electrons. The Hall–Kier alpha value is -3.39. The standard InChI is InChI=1S/C25H30N4O3S/c1-17-10-12-21(13-11-17)16-29-20(4)22(19(3)27-29)14-15-25(30)26-18(2)23-8-6-7-9-24(23)28-33(5,31)32/h6-15,18,28H,16H2,1-5H3,(H,26,30). The lowest BCUT2D eigenvalue weighted by atomic mass is 10.1. The second-order valence-electron chi connectivity index (χ2n) is 8.25. The number of aromatic nitrogens is 2. The highest BCUT2D eigenvalue weighted by Crippen LogP contribution is 2.23. The lowest BCUT2D eigenvalue weighted by Gasteiger charge is -2.17. The van der Waals surface area contributed by atoms with Crippen LogP contribution in [0.4, 0.5) is 5.69 Å². The summed E-state index contributed by atoms with van der Waals surface area (Å²) < 4.78 is 27.7. The highest BCUT2D eigenvalue weighted by atomic mass is 32.2. The Morgan fingerprint density at radius 2 is 1.76 bits per heavy atom. The quantitative estimate of drug-likeness (QED) is 0.489. The summed E-state index contributed by atoms with van der Waals surface area (Å²) in [6.45, 7) is 8.44. The van der Waals surface area contributed by atoms with Gasteiger partial charge in [0.1, 0.15) is 0 Å². The minimum Gasteiger partial charge on any atom is -0.346 e. The van der Waals surface area contributed by atoms with E-state index in [1.165, 1.54) is 11.6 Å². The molecular weight excluding hydrogens is 436 g/mol. The van der Waals surface area contributed by atoms with Crippen LogP contribution >= 0.6 is 0 Å². The number of carbonyl (C=O) groups is 1.